The van der Waals surface area contributed by atoms with Crippen molar-refractivity contribution in [2.45, 2.75) is 31.1 Å². The van der Waals surface area contributed by atoms with Gasteiger partial charge < -0.3 is 5.32 Å². The summed E-state index contributed by atoms with van der Waals surface area (Å²) in [4.78, 5) is 11.7. The Kier molecular flexibility index (Phi) is 4.66. The normalized spacial score (nSPS) is 17.1. The third kappa shape index (κ3) is 3.76. The molecule has 0 radical (unpaired) electrons. The number of hydrogen-bond acceptors (Lipinski definition) is 3. The predicted molar refractivity (Wildman–Crippen MR) is 81.4 cm³/mol. The lowest BCUT2D eigenvalue weighted by Crippen LogP contribution is -2.40. The van der Waals surface area contributed by atoms with E-state index in [1.54, 1.807) is 0 Å². The lowest BCUT2D eigenvalue weighted by molar-refractivity contribution is 0.0886. The summed E-state index contributed by atoms with van der Waals surface area (Å²) in [5.74, 6) is -1.45. The topological polar surface area (TPSA) is 63.2 Å². The lowest BCUT2D eigenvalue weighted by Gasteiger charge is -2.38. The highest BCUT2D eigenvalue weighted by Crippen LogP contribution is 2.39. The Morgan fingerprint density at radius 3 is 2.57 bits per heavy atom. The first-order chi connectivity index (χ1) is 9.62. The van der Waals surface area contributed by atoms with Crippen molar-refractivity contribution in [1.82, 2.24) is 5.32 Å². The van der Waals surface area contributed by atoms with Crippen molar-refractivity contribution in [3.05, 3.63) is 28.0 Å². The van der Waals surface area contributed by atoms with Gasteiger partial charge in [0.25, 0.3) is 15.0 Å². The minimum absolute atomic E-state index is 0.0162. The van der Waals surface area contributed by atoms with Gasteiger partial charge in [0.05, 0.1) is 10.5 Å². The number of amides is 1. The molecule has 2 rings (SSSR count). The Morgan fingerprint density at radius 1 is 1.48 bits per heavy atom. The van der Waals surface area contributed by atoms with Crippen molar-refractivity contribution < 1.29 is 17.6 Å². The fourth-order valence-corrected chi connectivity index (χ4v) is 4.40. The highest BCUT2D eigenvalue weighted by Gasteiger charge is 2.32. The van der Waals surface area contributed by atoms with Crippen LogP contribution >= 0.6 is 26.6 Å². The number of carbonyl (C=O) groups excluding carboxylic acids is 1. The summed E-state index contributed by atoms with van der Waals surface area (Å²) < 4.78 is 36.6. The molecule has 21 heavy (non-hydrogen) atoms. The Hall–Kier alpha value is -0.660. The Bertz CT molecular complexity index is 689. The predicted octanol–water partition coefficient (Wildman–Crippen LogP) is 3.44. The second-order valence-electron chi connectivity index (χ2n) is 5.55. The molecule has 1 aromatic carbocycles. The third-order valence-corrected chi connectivity index (χ3v) is 6.05. The molecule has 0 aromatic heterocycles. The van der Waals surface area contributed by atoms with Crippen LogP contribution in [0.25, 0.3) is 0 Å². The molecule has 1 aromatic rings. The van der Waals surface area contributed by atoms with Crippen molar-refractivity contribution in [3.63, 3.8) is 0 Å². The summed E-state index contributed by atoms with van der Waals surface area (Å²) in [6.07, 6.45) is 3.14. The van der Waals surface area contributed by atoms with Crippen molar-refractivity contribution in [3.8, 4) is 0 Å². The van der Waals surface area contributed by atoms with Gasteiger partial charge in [0.2, 0.25) is 0 Å². The van der Waals surface area contributed by atoms with Gasteiger partial charge in [0.1, 0.15) is 5.82 Å². The van der Waals surface area contributed by atoms with E-state index in [9.17, 15) is 17.6 Å². The molecule has 116 valence electrons. The molecule has 0 spiro atoms. The number of nitrogens with one attached hydrogen (secondary N) is 1. The molecule has 0 unspecified atom stereocenters. The molecule has 8 heteroatoms. The highest BCUT2D eigenvalue weighted by atomic mass is 79.9. The van der Waals surface area contributed by atoms with E-state index in [1.165, 1.54) is 0 Å². The fourth-order valence-electron chi connectivity index (χ4n) is 2.24. The van der Waals surface area contributed by atoms with Gasteiger partial charge in [-0.25, -0.2) is 12.8 Å². The van der Waals surface area contributed by atoms with Gasteiger partial charge in [-0.3, -0.25) is 4.79 Å². The van der Waals surface area contributed by atoms with Crippen molar-refractivity contribution in [2.75, 3.05) is 6.54 Å². The minimum Gasteiger partial charge on any atom is -0.351 e. The zero-order chi connectivity index (χ0) is 15.8. The second-order valence-corrected chi connectivity index (χ2v) is 8.94. The second kappa shape index (κ2) is 5.85. The number of rotatable bonds is 4. The lowest BCUT2D eigenvalue weighted by atomic mass is 9.70. The van der Waals surface area contributed by atoms with Crippen LogP contribution in [0.3, 0.4) is 0 Å². The first-order valence-electron chi connectivity index (χ1n) is 6.34. The summed E-state index contributed by atoms with van der Waals surface area (Å²) in [5.41, 5.74) is -0.288. The summed E-state index contributed by atoms with van der Waals surface area (Å²) in [5, 5.41) is 2.65. The van der Waals surface area contributed by atoms with E-state index in [-0.39, 0.29) is 20.3 Å². The van der Waals surface area contributed by atoms with Crippen molar-refractivity contribution in [1.29, 1.82) is 0 Å². The first-order valence-corrected chi connectivity index (χ1v) is 9.45. The van der Waals surface area contributed by atoms with Crippen LogP contribution in [0, 0.1) is 11.2 Å². The van der Waals surface area contributed by atoms with Gasteiger partial charge >= 0.3 is 0 Å². The molecule has 1 N–H and O–H groups in total. The van der Waals surface area contributed by atoms with E-state index in [4.69, 9.17) is 10.7 Å². The average molecular weight is 399 g/mol. The molecule has 1 amide bonds. The quantitative estimate of drug-likeness (QED) is 0.790. The molecular weight excluding hydrogens is 385 g/mol. The summed E-state index contributed by atoms with van der Waals surface area (Å²) in [7, 11) is 1.20. The molecule has 0 heterocycles. The van der Waals surface area contributed by atoms with Gasteiger partial charge in [-0.1, -0.05) is 13.3 Å². The Labute approximate surface area is 135 Å². The largest absolute Gasteiger partial charge is 0.351 e. The van der Waals surface area contributed by atoms with Crippen molar-refractivity contribution in [2.24, 2.45) is 5.41 Å². The van der Waals surface area contributed by atoms with Gasteiger partial charge in [-0.2, -0.15) is 0 Å². The number of carbonyl (C=O) groups is 1. The van der Waals surface area contributed by atoms with E-state index >= 15 is 0 Å². The van der Waals surface area contributed by atoms with Gasteiger partial charge in [-0.05, 0) is 46.3 Å². The van der Waals surface area contributed by atoms with E-state index in [0.717, 1.165) is 31.4 Å². The summed E-state index contributed by atoms with van der Waals surface area (Å²) >= 11 is 2.92. The maximum atomic E-state index is 13.9. The molecular formula is C13H14BrClFNO3S. The molecule has 1 saturated carbocycles. The van der Waals surface area contributed by atoms with Gasteiger partial charge in [0.15, 0.2) is 0 Å². The van der Waals surface area contributed by atoms with Gasteiger partial charge in [-0.15, -0.1) is 0 Å². The highest BCUT2D eigenvalue weighted by molar-refractivity contribution is 9.10. The van der Waals surface area contributed by atoms with E-state index < -0.39 is 20.8 Å². The number of hydrogen-bond donors (Lipinski definition) is 1. The van der Waals surface area contributed by atoms with Crippen LogP contribution in [0.2, 0.25) is 0 Å². The van der Waals surface area contributed by atoms with Crippen LogP contribution < -0.4 is 5.32 Å². The molecule has 0 aliphatic heterocycles. The van der Waals surface area contributed by atoms with Crippen molar-refractivity contribution >= 4 is 41.6 Å². The molecule has 0 bridgehead atoms. The van der Waals surface area contributed by atoms with Crippen LogP contribution in [-0.2, 0) is 9.05 Å². The van der Waals surface area contributed by atoms with E-state index in [1.807, 2.05) is 6.92 Å². The Morgan fingerprint density at radius 2 is 2.10 bits per heavy atom. The molecule has 1 fully saturated rings. The monoisotopic (exact) mass is 397 g/mol. The third-order valence-electron chi connectivity index (χ3n) is 3.77. The SMILES string of the molecule is CC1(CNC(=O)c2cc(S(=O)(=O)Cl)c(Br)cc2F)CCC1. The molecule has 0 saturated heterocycles. The Balaban J connectivity index is 2.24. The van der Waals surface area contributed by atoms with Crippen LogP contribution in [0.1, 0.15) is 36.5 Å². The van der Waals surface area contributed by atoms with Crippen LogP contribution in [0.4, 0.5) is 4.39 Å². The van der Waals surface area contributed by atoms with E-state index in [2.05, 4.69) is 21.2 Å². The van der Waals surface area contributed by atoms with Crippen LogP contribution in [0.15, 0.2) is 21.5 Å². The maximum absolute atomic E-state index is 13.9. The maximum Gasteiger partial charge on any atom is 0.262 e. The van der Waals surface area contributed by atoms with Crippen LogP contribution in [-0.4, -0.2) is 20.9 Å². The fraction of sp³-hybridized carbons (Fsp3) is 0.462. The van der Waals surface area contributed by atoms with E-state index in [0.29, 0.717) is 6.54 Å². The molecule has 0 atom stereocenters. The molecule has 4 nitrogen and oxygen atoms in total. The molecule has 1 aliphatic rings. The zero-order valence-electron chi connectivity index (χ0n) is 11.3. The smallest absolute Gasteiger partial charge is 0.262 e. The van der Waals surface area contributed by atoms with Gasteiger partial charge in [0, 0.05) is 21.7 Å². The summed E-state index contributed by atoms with van der Waals surface area (Å²) in [6, 6.07) is 1.87. The van der Waals surface area contributed by atoms with Crippen LogP contribution in [0.5, 0.6) is 0 Å². The number of halogens is 3. The summed E-state index contributed by atoms with van der Waals surface area (Å²) in [6.45, 7) is 2.48. The molecule has 1 aliphatic carbocycles. The minimum atomic E-state index is -4.06. The zero-order valence-corrected chi connectivity index (χ0v) is 14.4. The standard InChI is InChI=1S/C13H14BrClFNO3S/c1-13(3-2-4-13)7-17-12(18)8-5-11(21(15,19)20)9(14)6-10(8)16/h5-6H,2-4,7H2,1H3,(H,17,18). The average Bonchev–Trinajstić information content (AvgIpc) is 2.32. The number of benzene rings is 1. The first kappa shape index (κ1) is 16.7.